The first-order valence-electron chi connectivity index (χ1n) is 12.8. The van der Waals surface area contributed by atoms with Crippen LogP contribution in [0.4, 0.5) is 16.2 Å². The molecule has 3 aromatic carbocycles. The quantitative estimate of drug-likeness (QED) is 0.372. The second kappa shape index (κ2) is 10.3. The van der Waals surface area contributed by atoms with Gasteiger partial charge in [-0.3, -0.25) is 24.4 Å². The van der Waals surface area contributed by atoms with E-state index in [9.17, 15) is 14.4 Å². The van der Waals surface area contributed by atoms with Crippen LogP contribution >= 0.6 is 0 Å². The van der Waals surface area contributed by atoms with Gasteiger partial charge in [-0.2, -0.15) is 0 Å². The Kier molecular flexibility index (Phi) is 6.52. The van der Waals surface area contributed by atoms with Crippen molar-refractivity contribution < 1.29 is 19.1 Å². The van der Waals surface area contributed by atoms with E-state index in [1.54, 1.807) is 12.1 Å². The number of carbonyl (C=O) groups is 3. The summed E-state index contributed by atoms with van der Waals surface area (Å²) in [6.45, 7) is 4.14. The van der Waals surface area contributed by atoms with E-state index in [2.05, 4.69) is 27.7 Å². The number of imide groups is 1. The third kappa shape index (κ3) is 4.85. The molecule has 6 rings (SSSR count). The minimum atomic E-state index is -0.452. The van der Waals surface area contributed by atoms with Gasteiger partial charge in [-0.25, -0.2) is 4.79 Å². The molecule has 4 amide bonds. The van der Waals surface area contributed by atoms with Crippen LogP contribution in [0, 0.1) is 0 Å². The third-order valence-electron chi connectivity index (χ3n) is 7.14. The molecule has 0 atom stereocenters. The number of amides is 4. The molecule has 2 aliphatic rings. The lowest BCUT2D eigenvalue weighted by molar-refractivity contribution is 0.0336. The molecule has 1 fully saturated rings. The molecule has 0 aliphatic carbocycles. The highest BCUT2D eigenvalue weighted by atomic mass is 16.5. The number of ether oxygens (including phenoxy) is 1. The van der Waals surface area contributed by atoms with Gasteiger partial charge in [-0.15, -0.1) is 0 Å². The van der Waals surface area contributed by atoms with E-state index in [4.69, 9.17) is 9.72 Å². The molecule has 1 saturated heterocycles. The molecule has 3 heterocycles. The maximum atomic E-state index is 12.9. The number of hydrogen-bond acceptors (Lipinski definition) is 6. The normalized spacial score (nSPS) is 15.5. The van der Waals surface area contributed by atoms with Crippen molar-refractivity contribution in [3.05, 3.63) is 89.7 Å². The van der Waals surface area contributed by atoms with E-state index in [1.807, 2.05) is 42.6 Å². The molecule has 0 radical (unpaired) electrons. The van der Waals surface area contributed by atoms with Gasteiger partial charge in [-0.1, -0.05) is 36.4 Å². The van der Waals surface area contributed by atoms with Crippen molar-refractivity contribution in [3.8, 4) is 11.1 Å². The van der Waals surface area contributed by atoms with Crippen LogP contribution in [0.1, 0.15) is 26.4 Å². The Morgan fingerprint density at radius 3 is 2.38 bits per heavy atom. The number of urea groups is 1. The summed E-state index contributed by atoms with van der Waals surface area (Å²) in [5.74, 6) is -0.733. The van der Waals surface area contributed by atoms with E-state index < -0.39 is 6.03 Å². The summed E-state index contributed by atoms with van der Waals surface area (Å²) in [4.78, 5) is 45.4. The minimum Gasteiger partial charge on any atom is -0.379 e. The summed E-state index contributed by atoms with van der Waals surface area (Å²) in [5.41, 5.74) is 4.72. The highest BCUT2D eigenvalue weighted by Crippen LogP contribution is 2.33. The fourth-order valence-electron chi connectivity index (χ4n) is 5.05. The lowest BCUT2D eigenvalue weighted by Crippen LogP contribution is -2.35. The van der Waals surface area contributed by atoms with Gasteiger partial charge in [0.1, 0.15) is 0 Å². The minimum absolute atomic E-state index is 0.277. The van der Waals surface area contributed by atoms with Gasteiger partial charge in [-0.05, 0) is 41.3 Å². The molecule has 0 unspecified atom stereocenters. The number of hydrogen-bond donors (Lipinski definition) is 2. The van der Waals surface area contributed by atoms with E-state index in [0.29, 0.717) is 16.9 Å². The van der Waals surface area contributed by atoms with E-state index in [0.717, 1.165) is 65.3 Å². The molecule has 1 aromatic heterocycles. The van der Waals surface area contributed by atoms with Crippen molar-refractivity contribution in [2.45, 2.75) is 6.54 Å². The van der Waals surface area contributed by atoms with Crippen LogP contribution in [0.15, 0.2) is 72.9 Å². The van der Waals surface area contributed by atoms with Crippen molar-refractivity contribution in [1.82, 2.24) is 14.8 Å². The first-order chi connectivity index (χ1) is 19.0. The molecular formula is C30H27N5O4. The number of morpholine rings is 1. The zero-order chi connectivity index (χ0) is 26.9. The first kappa shape index (κ1) is 24.7. The number of pyridine rings is 1. The summed E-state index contributed by atoms with van der Waals surface area (Å²) in [6.07, 6.45) is 1.90. The third-order valence-corrected chi connectivity index (χ3v) is 7.14. The molecule has 4 aromatic rings. The Morgan fingerprint density at radius 2 is 1.62 bits per heavy atom. The first-order valence-corrected chi connectivity index (χ1v) is 12.8. The summed E-state index contributed by atoms with van der Waals surface area (Å²) < 4.78 is 5.43. The zero-order valence-corrected chi connectivity index (χ0v) is 21.4. The Labute approximate surface area is 225 Å². The molecular weight excluding hydrogens is 494 g/mol. The topological polar surface area (TPSA) is 104 Å². The SMILES string of the molecule is CN1C(=O)c2ccc(NC(=O)Nc3ccc(-c4ccc(CN5CCOCC5)nc4)c4ccccc34)cc2C1=O. The van der Waals surface area contributed by atoms with Crippen LogP contribution in [0.25, 0.3) is 21.9 Å². The van der Waals surface area contributed by atoms with Gasteiger partial charge in [0, 0.05) is 49.5 Å². The predicted octanol–water partition coefficient (Wildman–Crippen LogP) is 4.60. The summed E-state index contributed by atoms with van der Waals surface area (Å²) >= 11 is 0. The van der Waals surface area contributed by atoms with Crippen LogP contribution in [0.3, 0.4) is 0 Å². The molecule has 196 valence electrons. The summed E-state index contributed by atoms with van der Waals surface area (Å²) in [5, 5.41) is 7.56. The number of nitrogens with zero attached hydrogens (tertiary/aromatic N) is 3. The monoisotopic (exact) mass is 521 g/mol. The zero-order valence-electron chi connectivity index (χ0n) is 21.4. The van der Waals surface area contributed by atoms with Crippen molar-refractivity contribution in [2.24, 2.45) is 0 Å². The standard InChI is InChI=1S/C30H27N5O4/c1-34-28(36)25-9-8-20(16-26(25)29(34)37)32-30(38)33-27-11-10-22(23-4-2-3-5-24(23)27)19-6-7-21(31-17-19)18-35-12-14-39-15-13-35/h2-11,16-17H,12-15,18H2,1H3,(H2,32,33,38). The van der Waals surface area contributed by atoms with Crippen LogP contribution in [-0.2, 0) is 11.3 Å². The molecule has 9 heteroatoms. The molecule has 9 nitrogen and oxygen atoms in total. The number of nitrogens with one attached hydrogen (secondary N) is 2. The Balaban J connectivity index is 1.20. The van der Waals surface area contributed by atoms with E-state index in [-0.39, 0.29) is 17.4 Å². The number of rotatable bonds is 5. The van der Waals surface area contributed by atoms with Gasteiger partial charge >= 0.3 is 6.03 Å². The van der Waals surface area contributed by atoms with E-state index >= 15 is 0 Å². The summed E-state index contributed by atoms with van der Waals surface area (Å²) in [7, 11) is 1.44. The van der Waals surface area contributed by atoms with Gasteiger partial charge in [0.15, 0.2) is 0 Å². The number of anilines is 2. The fourth-order valence-corrected chi connectivity index (χ4v) is 5.05. The maximum Gasteiger partial charge on any atom is 0.323 e. The van der Waals surface area contributed by atoms with Crippen LogP contribution in [-0.4, -0.2) is 66.0 Å². The highest BCUT2D eigenvalue weighted by molar-refractivity contribution is 6.21. The fraction of sp³-hybridized carbons (Fsp3) is 0.200. The lowest BCUT2D eigenvalue weighted by Gasteiger charge is -2.26. The largest absolute Gasteiger partial charge is 0.379 e. The van der Waals surface area contributed by atoms with Crippen LogP contribution < -0.4 is 10.6 Å². The molecule has 0 bridgehead atoms. The molecule has 39 heavy (non-hydrogen) atoms. The number of carbonyl (C=O) groups excluding carboxylic acids is 3. The number of benzene rings is 3. The van der Waals surface area contributed by atoms with Crippen molar-refractivity contribution in [1.29, 1.82) is 0 Å². The average molecular weight is 522 g/mol. The Bertz CT molecular complexity index is 1600. The Hall–Kier alpha value is -4.60. The average Bonchev–Trinajstić information content (AvgIpc) is 3.17. The van der Waals surface area contributed by atoms with Gasteiger partial charge in [0.25, 0.3) is 11.8 Å². The number of fused-ring (bicyclic) bond motifs is 2. The predicted molar refractivity (Wildman–Crippen MR) is 149 cm³/mol. The van der Waals surface area contributed by atoms with Gasteiger partial charge in [0.05, 0.1) is 35.7 Å². The van der Waals surface area contributed by atoms with Crippen molar-refractivity contribution in [3.63, 3.8) is 0 Å². The molecule has 0 saturated carbocycles. The van der Waals surface area contributed by atoms with E-state index in [1.165, 1.54) is 13.1 Å². The molecule has 2 N–H and O–H groups in total. The molecule has 0 spiro atoms. The highest BCUT2D eigenvalue weighted by Gasteiger charge is 2.32. The van der Waals surface area contributed by atoms with Crippen LogP contribution in [0.5, 0.6) is 0 Å². The number of aromatic nitrogens is 1. The van der Waals surface area contributed by atoms with Crippen molar-refractivity contribution >= 4 is 40.0 Å². The van der Waals surface area contributed by atoms with Crippen LogP contribution in [0.2, 0.25) is 0 Å². The second-order valence-electron chi connectivity index (χ2n) is 9.64. The lowest BCUT2D eigenvalue weighted by atomic mass is 9.98. The summed E-state index contributed by atoms with van der Waals surface area (Å²) in [6, 6.07) is 20.1. The molecule has 2 aliphatic heterocycles. The van der Waals surface area contributed by atoms with Gasteiger partial charge in [0.2, 0.25) is 0 Å². The van der Waals surface area contributed by atoms with Crippen molar-refractivity contribution in [2.75, 3.05) is 44.0 Å². The van der Waals surface area contributed by atoms with Gasteiger partial charge < -0.3 is 15.4 Å². The second-order valence-corrected chi connectivity index (χ2v) is 9.64. The maximum absolute atomic E-state index is 12.9. The Morgan fingerprint density at radius 1 is 0.872 bits per heavy atom. The smallest absolute Gasteiger partial charge is 0.323 e.